The topological polar surface area (TPSA) is 144 Å². The molecule has 2 aromatic carbocycles. The van der Waals surface area contributed by atoms with Gasteiger partial charge in [0.15, 0.2) is 0 Å². The normalized spacial score (nSPS) is 14.0. The lowest BCUT2D eigenvalue weighted by Crippen LogP contribution is -2.49. The van der Waals surface area contributed by atoms with Crippen LogP contribution in [0.1, 0.15) is 19.4 Å². The third-order valence-corrected chi connectivity index (χ3v) is 8.70. The second-order valence-corrected chi connectivity index (χ2v) is 12.1. The predicted molar refractivity (Wildman–Crippen MR) is 186 cm³/mol. The molecule has 2 aromatic heterocycles. The number of hydrogen-bond acceptors (Lipinski definition) is 10. The van der Waals surface area contributed by atoms with E-state index in [9.17, 15) is 14.9 Å². The van der Waals surface area contributed by atoms with Crippen LogP contribution in [-0.4, -0.2) is 78.5 Å². The number of rotatable bonds is 11. The number of hydrogen-bond donors (Lipinski definition) is 2. The van der Waals surface area contributed by atoms with Crippen molar-refractivity contribution in [1.29, 1.82) is 5.26 Å². The number of pyridine rings is 1. The fourth-order valence-electron chi connectivity index (χ4n) is 5.69. The van der Waals surface area contributed by atoms with Gasteiger partial charge < -0.3 is 24.8 Å². The van der Waals surface area contributed by atoms with Crippen molar-refractivity contribution < 1.29 is 19.0 Å². The van der Waals surface area contributed by atoms with Crippen LogP contribution in [0, 0.1) is 11.3 Å². The summed E-state index contributed by atoms with van der Waals surface area (Å²) in [4.78, 5) is 38.5. The Bertz CT molecular complexity index is 1960. The summed E-state index contributed by atoms with van der Waals surface area (Å²) in [6.07, 6.45) is 3.78. The van der Waals surface area contributed by atoms with Crippen molar-refractivity contribution in [1.82, 2.24) is 19.4 Å². The molecule has 13 heteroatoms. The summed E-state index contributed by atoms with van der Waals surface area (Å²) in [6.45, 7) is 6.87. The zero-order chi connectivity index (χ0) is 34.4. The highest BCUT2D eigenvalue weighted by atomic mass is 35.5. The summed E-state index contributed by atoms with van der Waals surface area (Å²) in [5.74, 6) is 0.730. The van der Waals surface area contributed by atoms with Gasteiger partial charge in [-0.2, -0.15) is 10.2 Å². The monoisotopic (exact) mass is 671 g/mol. The van der Waals surface area contributed by atoms with E-state index in [1.807, 2.05) is 32.0 Å². The van der Waals surface area contributed by atoms with Gasteiger partial charge in [0.1, 0.15) is 28.8 Å². The molecule has 0 unspecified atom stereocenters. The van der Waals surface area contributed by atoms with Crippen LogP contribution in [0.25, 0.3) is 22.2 Å². The molecular weight excluding hydrogens is 634 g/mol. The molecular formula is C35H38ClN7O5. The maximum Gasteiger partial charge on any atom is 0.266 e. The number of aromatic nitrogens is 3. The minimum Gasteiger partial charge on any atom is -0.497 e. The molecule has 0 spiro atoms. The number of amides is 1. The SMILES string of the molecule is CNc1ncc2cc(-c3cc(OC)cc(OC)c3Cl)c(=O)n(CCc3cccc(NC(=O)C(C#N)=CC(C)(C)N4CCOCC4)c3)c2n1. The van der Waals surface area contributed by atoms with Gasteiger partial charge in [0, 0.05) is 66.7 Å². The molecule has 250 valence electrons. The van der Waals surface area contributed by atoms with Gasteiger partial charge in [-0.1, -0.05) is 23.7 Å². The highest BCUT2D eigenvalue weighted by Crippen LogP contribution is 2.38. The number of morpholine rings is 1. The molecule has 1 saturated heterocycles. The molecule has 0 saturated carbocycles. The van der Waals surface area contributed by atoms with Gasteiger partial charge in [0.2, 0.25) is 5.95 Å². The summed E-state index contributed by atoms with van der Waals surface area (Å²) >= 11 is 6.70. The van der Waals surface area contributed by atoms with E-state index in [-0.39, 0.29) is 22.7 Å². The third kappa shape index (κ3) is 7.44. The number of halogens is 1. The second kappa shape index (κ2) is 14.9. The Morgan fingerprint density at radius 2 is 1.92 bits per heavy atom. The fraction of sp³-hybridized carbons (Fsp3) is 0.343. The molecule has 5 rings (SSSR count). The van der Waals surface area contributed by atoms with Gasteiger partial charge in [-0.05, 0) is 56.2 Å². The molecule has 1 aliphatic rings. The maximum absolute atomic E-state index is 14.1. The standard InChI is InChI=1S/C35H38ClN7O5/c1-35(2,42-11-13-48-14-12-42)19-24(20-37)32(44)40-25-8-6-7-22(15-25)9-10-43-31-23(21-39-34(38-3)41-31)16-28(33(43)45)27-17-26(46-4)18-29(47-5)30(27)36/h6-8,15-19,21H,9-14H2,1-5H3,(H,40,44)(H,38,39,41). The lowest BCUT2D eigenvalue weighted by atomic mass is 9.98. The summed E-state index contributed by atoms with van der Waals surface area (Å²) in [7, 11) is 4.73. The number of aryl methyl sites for hydroxylation is 2. The Morgan fingerprint density at radius 1 is 1.15 bits per heavy atom. The van der Waals surface area contributed by atoms with Crippen molar-refractivity contribution >= 4 is 40.2 Å². The zero-order valence-electron chi connectivity index (χ0n) is 27.6. The van der Waals surface area contributed by atoms with Crippen molar-refractivity contribution in [2.75, 3.05) is 58.2 Å². The van der Waals surface area contributed by atoms with Crippen molar-refractivity contribution in [3.05, 3.63) is 81.3 Å². The quantitative estimate of drug-likeness (QED) is 0.167. The van der Waals surface area contributed by atoms with Crippen molar-refractivity contribution in [2.45, 2.75) is 32.4 Å². The minimum atomic E-state index is -0.504. The maximum atomic E-state index is 14.1. The molecule has 1 aliphatic heterocycles. The zero-order valence-corrected chi connectivity index (χ0v) is 28.3. The van der Waals surface area contributed by atoms with Crippen LogP contribution in [0.15, 0.2) is 65.1 Å². The number of nitrogens with one attached hydrogen (secondary N) is 2. The number of nitrogens with zero attached hydrogens (tertiary/aromatic N) is 5. The summed E-state index contributed by atoms with van der Waals surface area (Å²) < 4.78 is 17.9. The van der Waals surface area contributed by atoms with E-state index in [1.54, 1.807) is 48.2 Å². The average Bonchev–Trinajstić information content (AvgIpc) is 3.10. The molecule has 48 heavy (non-hydrogen) atoms. The van der Waals surface area contributed by atoms with E-state index in [2.05, 4.69) is 31.6 Å². The third-order valence-electron chi connectivity index (χ3n) is 8.31. The first-order chi connectivity index (χ1) is 23.1. The number of fused-ring (bicyclic) bond motifs is 1. The molecule has 3 heterocycles. The lowest BCUT2D eigenvalue weighted by molar-refractivity contribution is -0.112. The van der Waals surface area contributed by atoms with Crippen LogP contribution in [0.2, 0.25) is 5.02 Å². The van der Waals surface area contributed by atoms with E-state index in [1.165, 1.54) is 14.2 Å². The molecule has 1 amide bonds. The van der Waals surface area contributed by atoms with Crippen molar-refractivity contribution in [2.24, 2.45) is 0 Å². The summed E-state index contributed by atoms with van der Waals surface area (Å²) in [6, 6.07) is 14.4. The van der Waals surface area contributed by atoms with Crippen LogP contribution >= 0.6 is 11.6 Å². The molecule has 4 aromatic rings. The van der Waals surface area contributed by atoms with E-state index < -0.39 is 11.4 Å². The van der Waals surface area contributed by atoms with Gasteiger partial charge in [-0.3, -0.25) is 19.1 Å². The van der Waals surface area contributed by atoms with Crippen LogP contribution in [-0.2, 0) is 22.5 Å². The smallest absolute Gasteiger partial charge is 0.266 e. The van der Waals surface area contributed by atoms with E-state index in [0.29, 0.717) is 64.9 Å². The molecule has 0 aliphatic carbocycles. The number of benzene rings is 2. The molecule has 1 fully saturated rings. The molecule has 2 N–H and O–H groups in total. The average molecular weight is 672 g/mol. The highest BCUT2D eigenvalue weighted by Gasteiger charge is 2.28. The molecule has 0 bridgehead atoms. The first-order valence-electron chi connectivity index (χ1n) is 15.4. The van der Waals surface area contributed by atoms with Crippen molar-refractivity contribution in [3.8, 4) is 28.7 Å². The first kappa shape index (κ1) is 34.4. The number of carbonyl (C=O) groups is 1. The molecule has 12 nitrogen and oxygen atoms in total. The van der Waals surface area contributed by atoms with Gasteiger partial charge >= 0.3 is 0 Å². The number of methoxy groups -OCH3 is 2. The van der Waals surface area contributed by atoms with Crippen molar-refractivity contribution in [3.63, 3.8) is 0 Å². The van der Waals surface area contributed by atoms with Gasteiger partial charge in [0.25, 0.3) is 11.5 Å². The Labute approximate surface area is 283 Å². The van der Waals surface area contributed by atoms with E-state index in [0.717, 1.165) is 18.7 Å². The predicted octanol–water partition coefficient (Wildman–Crippen LogP) is 4.91. The number of ether oxygens (including phenoxy) is 3. The number of carbonyl (C=O) groups excluding carboxylic acids is 1. The van der Waals surface area contributed by atoms with Gasteiger partial charge in [-0.15, -0.1) is 0 Å². The Morgan fingerprint density at radius 3 is 2.60 bits per heavy atom. The summed E-state index contributed by atoms with van der Waals surface area (Å²) in [5, 5.41) is 16.5. The number of nitriles is 1. The largest absolute Gasteiger partial charge is 0.497 e. The van der Waals surface area contributed by atoms with Crippen LogP contribution in [0.4, 0.5) is 11.6 Å². The van der Waals surface area contributed by atoms with Gasteiger partial charge in [0.05, 0.1) is 32.5 Å². The molecule has 0 atom stereocenters. The Balaban J connectivity index is 1.44. The van der Waals surface area contributed by atoms with Crippen LogP contribution < -0.4 is 25.7 Å². The number of anilines is 2. The van der Waals surface area contributed by atoms with Crippen LogP contribution in [0.5, 0.6) is 11.5 Å². The molecule has 0 radical (unpaired) electrons. The Kier molecular flexibility index (Phi) is 10.6. The first-order valence-corrected chi connectivity index (χ1v) is 15.8. The lowest BCUT2D eigenvalue weighted by Gasteiger charge is -2.39. The van der Waals surface area contributed by atoms with E-state index >= 15 is 0 Å². The Hall–Kier alpha value is -4.96. The highest BCUT2D eigenvalue weighted by molar-refractivity contribution is 6.35. The second-order valence-electron chi connectivity index (χ2n) is 11.8. The van der Waals surface area contributed by atoms with Crippen LogP contribution in [0.3, 0.4) is 0 Å². The fourth-order valence-corrected chi connectivity index (χ4v) is 5.98. The van der Waals surface area contributed by atoms with Gasteiger partial charge in [-0.25, -0.2) is 4.98 Å². The minimum absolute atomic E-state index is 0.0274. The summed E-state index contributed by atoms with van der Waals surface area (Å²) in [5.41, 5.74) is 1.84. The van der Waals surface area contributed by atoms with E-state index in [4.69, 9.17) is 25.8 Å².